The summed E-state index contributed by atoms with van der Waals surface area (Å²) in [7, 11) is 2.10. The second-order valence-electron chi connectivity index (χ2n) is 6.35. The molecule has 2 heterocycles. The molecule has 4 nitrogen and oxygen atoms in total. The molecule has 1 aliphatic heterocycles. The van der Waals surface area contributed by atoms with Gasteiger partial charge in [-0.3, -0.25) is 4.90 Å². The Balaban J connectivity index is 1.98. The van der Waals surface area contributed by atoms with Crippen LogP contribution in [0.3, 0.4) is 0 Å². The molecule has 0 amide bonds. The SMILES string of the molecule is CCCC1CNCCN1Cc1ccc(N(C)C(C)C)nc1. The molecule has 0 aliphatic carbocycles. The van der Waals surface area contributed by atoms with Crippen LogP contribution in [0.5, 0.6) is 0 Å². The maximum absolute atomic E-state index is 4.62. The molecule has 0 saturated carbocycles. The van der Waals surface area contributed by atoms with Gasteiger partial charge in [0, 0.05) is 51.5 Å². The van der Waals surface area contributed by atoms with Crippen molar-refractivity contribution < 1.29 is 0 Å². The number of pyridine rings is 1. The van der Waals surface area contributed by atoms with E-state index in [9.17, 15) is 0 Å². The third kappa shape index (κ3) is 4.42. The highest BCUT2D eigenvalue weighted by atomic mass is 15.2. The van der Waals surface area contributed by atoms with Gasteiger partial charge in [-0.1, -0.05) is 19.4 Å². The van der Waals surface area contributed by atoms with Gasteiger partial charge in [0.05, 0.1) is 0 Å². The van der Waals surface area contributed by atoms with E-state index in [4.69, 9.17) is 0 Å². The predicted molar refractivity (Wildman–Crippen MR) is 89.8 cm³/mol. The van der Waals surface area contributed by atoms with Gasteiger partial charge in [-0.25, -0.2) is 4.98 Å². The Morgan fingerprint density at radius 3 is 2.86 bits per heavy atom. The van der Waals surface area contributed by atoms with E-state index in [-0.39, 0.29) is 0 Å². The highest BCUT2D eigenvalue weighted by Gasteiger charge is 2.21. The molecule has 1 aliphatic rings. The molecule has 0 spiro atoms. The molecule has 1 saturated heterocycles. The summed E-state index contributed by atoms with van der Waals surface area (Å²) >= 11 is 0. The summed E-state index contributed by atoms with van der Waals surface area (Å²) in [4.78, 5) is 9.42. The van der Waals surface area contributed by atoms with Crippen molar-refractivity contribution in [2.45, 2.75) is 52.2 Å². The lowest BCUT2D eigenvalue weighted by Crippen LogP contribution is -2.50. The molecule has 1 atom stereocenters. The largest absolute Gasteiger partial charge is 0.357 e. The van der Waals surface area contributed by atoms with Gasteiger partial charge in [0.25, 0.3) is 0 Å². The number of anilines is 1. The zero-order valence-corrected chi connectivity index (χ0v) is 14.0. The predicted octanol–water partition coefficient (Wildman–Crippen LogP) is 2.50. The van der Waals surface area contributed by atoms with E-state index in [2.05, 4.69) is 60.1 Å². The zero-order valence-electron chi connectivity index (χ0n) is 14.0. The number of hydrogen-bond donors (Lipinski definition) is 1. The lowest BCUT2D eigenvalue weighted by atomic mass is 10.1. The Kier molecular flexibility index (Phi) is 6.00. The Morgan fingerprint density at radius 1 is 1.43 bits per heavy atom. The molecule has 1 unspecified atom stereocenters. The van der Waals surface area contributed by atoms with Crippen LogP contribution in [0.2, 0.25) is 0 Å². The fourth-order valence-electron chi connectivity index (χ4n) is 2.85. The van der Waals surface area contributed by atoms with Gasteiger partial charge in [0.1, 0.15) is 5.82 Å². The summed E-state index contributed by atoms with van der Waals surface area (Å²) in [5.41, 5.74) is 1.32. The third-order valence-electron chi connectivity index (χ3n) is 4.42. The van der Waals surface area contributed by atoms with Crippen molar-refractivity contribution in [3.63, 3.8) is 0 Å². The number of aromatic nitrogens is 1. The van der Waals surface area contributed by atoms with Crippen molar-refractivity contribution in [1.29, 1.82) is 0 Å². The minimum atomic E-state index is 0.477. The Morgan fingerprint density at radius 2 is 2.24 bits per heavy atom. The maximum Gasteiger partial charge on any atom is 0.128 e. The first-order valence-corrected chi connectivity index (χ1v) is 8.24. The van der Waals surface area contributed by atoms with E-state index >= 15 is 0 Å². The van der Waals surface area contributed by atoms with E-state index < -0.39 is 0 Å². The van der Waals surface area contributed by atoms with E-state index in [1.807, 2.05) is 6.20 Å². The molecule has 4 heteroatoms. The van der Waals surface area contributed by atoms with Gasteiger partial charge >= 0.3 is 0 Å². The van der Waals surface area contributed by atoms with Crippen LogP contribution in [-0.4, -0.2) is 48.6 Å². The number of hydrogen-bond acceptors (Lipinski definition) is 4. The van der Waals surface area contributed by atoms with Gasteiger partial charge in [-0.2, -0.15) is 0 Å². The number of nitrogens with one attached hydrogen (secondary N) is 1. The number of rotatable bonds is 6. The van der Waals surface area contributed by atoms with Crippen LogP contribution in [-0.2, 0) is 6.54 Å². The molecule has 0 aromatic carbocycles. The van der Waals surface area contributed by atoms with Gasteiger partial charge in [0.2, 0.25) is 0 Å². The van der Waals surface area contributed by atoms with Crippen molar-refractivity contribution in [1.82, 2.24) is 15.2 Å². The van der Waals surface area contributed by atoms with Gasteiger partial charge in [-0.15, -0.1) is 0 Å². The Labute approximate surface area is 129 Å². The van der Waals surface area contributed by atoms with E-state index in [0.717, 1.165) is 32.0 Å². The lowest BCUT2D eigenvalue weighted by Gasteiger charge is -2.36. The van der Waals surface area contributed by atoms with Crippen LogP contribution in [0, 0.1) is 0 Å². The van der Waals surface area contributed by atoms with Crippen LogP contribution in [0.4, 0.5) is 5.82 Å². The van der Waals surface area contributed by atoms with Crippen molar-refractivity contribution in [2.24, 2.45) is 0 Å². The monoisotopic (exact) mass is 290 g/mol. The van der Waals surface area contributed by atoms with Crippen LogP contribution >= 0.6 is 0 Å². The molecule has 1 fully saturated rings. The molecule has 1 N–H and O–H groups in total. The summed E-state index contributed by atoms with van der Waals surface area (Å²) in [6, 6.07) is 5.52. The van der Waals surface area contributed by atoms with Gasteiger partial charge < -0.3 is 10.2 Å². The summed E-state index contributed by atoms with van der Waals surface area (Å²) in [5.74, 6) is 1.05. The third-order valence-corrected chi connectivity index (χ3v) is 4.42. The smallest absolute Gasteiger partial charge is 0.128 e. The van der Waals surface area contributed by atoms with Gasteiger partial charge in [-0.05, 0) is 31.9 Å². The highest BCUT2D eigenvalue weighted by molar-refractivity contribution is 5.39. The zero-order chi connectivity index (χ0) is 15.2. The lowest BCUT2D eigenvalue weighted by molar-refractivity contribution is 0.144. The van der Waals surface area contributed by atoms with Crippen LogP contribution < -0.4 is 10.2 Å². The second kappa shape index (κ2) is 7.76. The summed E-state index contributed by atoms with van der Waals surface area (Å²) in [6.45, 7) is 11.0. The molecule has 1 aromatic heterocycles. The number of nitrogens with zero attached hydrogens (tertiary/aromatic N) is 3. The van der Waals surface area contributed by atoms with E-state index in [0.29, 0.717) is 12.1 Å². The maximum atomic E-state index is 4.62. The van der Waals surface area contributed by atoms with Crippen molar-refractivity contribution >= 4 is 5.82 Å². The first kappa shape index (κ1) is 16.2. The fraction of sp³-hybridized carbons (Fsp3) is 0.706. The minimum Gasteiger partial charge on any atom is -0.357 e. The van der Waals surface area contributed by atoms with Crippen LogP contribution in [0.15, 0.2) is 18.3 Å². The van der Waals surface area contributed by atoms with Crippen LogP contribution in [0.25, 0.3) is 0 Å². The second-order valence-corrected chi connectivity index (χ2v) is 6.35. The Bertz CT molecular complexity index is 413. The normalized spacial score (nSPS) is 20.0. The standard InChI is InChI=1S/C17H30N4/c1-5-6-16-12-18-9-10-21(16)13-15-7-8-17(19-11-15)20(4)14(2)3/h7-8,11,14,16,18H,5-6,9-10,12-13H2,1-4H3. The first-order chi connectivity index (χ1) is 10.1. The van der Waals surface area contributed by atoms with Gasteiger partial charge in [0.15, 0.2) is 0 Å². The molecule has 0 radical (unpaired) electrons. The first-order valence-electron chi connectivity index (χ1n) is 8.24. The highest BCUT2D eigenvalue weighted by Crippen LogP contribution is 2.16. The van der Waals surface area contributed by atoms with Crippen molar-refractivity contribution in [2.75, 3.05) is 31.6 Å². The molecule has 0 bridgehead atoms. The average molecular weight is 290 g/mol. The molecular weight excluding hydrogens is 260 g/mol. The molecule has 118 valence electrons. The topological polar surface area (TPSA) is 31.4 Å². The van der Waals surface area contributed by atoms with E-state index in [1.165, 1.54) is 18.4 Å². The number of piperazine rings is 1. The average Bonchev–Trinajstić information content (AvgIpc) is 2.49. The molecular formula is C17H30N4. The molecule has 1 aromatic rings. The van der Waals surface area contributed by atoms with Crippen molar-refractivity contribution in [3.8, 4) is 0 Å². The summed E-state index contributed by atoms with van der Waals surface area (Å²) < 4.78 is 0. The van der Waals surface area contributed by atoms with E-state index in [1.54, 1.807) is 0 Å². The fourth-order valence-corrected chi connectivity index (χ4v) is 2.85. The quantitative estimate of drug-likeness (QED) is 0.872. The molecule has 2 rings (SSSR count). The minimum absolute atomic E-state index is 0.477. The molecule has 21 heavy (non-hydrogen) atoms. The summed E-state index contributed by atoms with van der Waals surface area (Å²) in [5, 5.41) is 3.51. The Hall–Kier alpha value is -1.13. The van der Waals surface area contributed by atoms with Crippen molar-refractivity contribution in [3.05, 3.63) is 23.9 Å². The summed E-state index contributed by atoms with van der Waals surface area (Å²) in [6.07, 6.45) is 4.56. The van der Waals surface area contributed by atoms with Crippen LogP contribution in [0.1, 0.15) is 39.2 Å².